The Hall–Kier alpha value is -0.0800. The fourth-order valence-electron chi connectivity index (χ4n) is 2.68. The second-order valence-corrected chi connectivity index (χ2v) is 4.88. The first kappa shape index (κ1) is 10.4. The summed E-state index contributed by atoms with van der Waals surface area (Å²) in [6.45, 7) is 3.41. The van der Waals surface area contributed by atoms with Gasteiger partial charge in [0.05, 0.1) is 0 Å². The van der Waals surface area contributed by atoms with E-state index in [1.165, 1.54) is 51.5 Å². The number of nitrogens with zero attached hydrogens (tertiary/aromatic N) is 1. The minimum atomic E-state index is 0.700. The van der Waals surface area contributed by atoms with E-state index < -0.39 is 0 Å². The predicted octanol–water partition coefficient (Wildman–Crippen LogP) is 1.92. The molecule has 1 saturated carbocycles. The highest BCUT2D eigenvalue weighted by Crippen LogP contribution is 2.23. The van der Waals surface area contributed by atoms with Gasteiger partial charge in [0.1, 0.15) is 0 Å². The molecule has 0 amide bonds. The van der Waals surface area contributed by atoms with Gasteiger partial charge in [0, 0.05) is 19.1 Å². The minimum absolute atomic E-state index is 0.700. The molecule has 2 rings (SSSR count). The highest BCUT2D eigenvalue weighted by Gasteiger charge is 2.17. The molecule has 81 valence electrons. The molecule has 2 aliphatic rings. The van der Waals surface area contributed by atoms with Gasteiger partial charge in [-0.15, -0.1) is 0 Å². The van der Waals surface area contributed by atoms with Gasteiger partial charge in [-0.3, -0.25) is 0 Å². The van der Waals surface area contributed by atoms with Gasteiger partial charge in [-0.05, 0) is 38.1 Å². The fraction of sp³-hybridized carbons (Fsp3) is 1.00. The summed E-state index contributed by atoms with van der Waals surface area (Å²) in [4.78, 5) is 0. The number of rotatable bonds is 3. The van der Waals surface area contributed by atoms with E-state index in [0.29, 0.717) is 6.04 Å². The largest absolute Gasteiger partial charge is 0.312 e. The molecule has 2 fully saturated rings. The first-order valence-corrected chi connectivity index (χ1v) is 6.32. The topological polar surface area (TPSA) is 26.1 Å². The molecule has 2 heteroatoms. The van der Waals surface area contributed by atoms with Crippen molar-refractivity contribution in [2.45, 2.75) is 51.0 Å². The minimum Gasteiger partial charge on any atom is -0.312 e. The lowest BCUT2D eigenvalue weighted by Gasteiger charge is -2.27. The third kappa shape index (κ3) is 3.25. The van der Waals surface area contributed by atoms with Crippen molar-refractivity contribution in [1.82, 2.24) is 10.6 Å². The Bertz CT molecular complexity index is 128. The normalized spacial score (nSPS) is 30.4. The Morgan fingerprint density at radius 2 is 1.86 bits per heavy atom. The number of piperidine rings is 1. The number of nitrogens with one attached hydrogen (secondary N) is 1. The lowest BCUT2D eigenvalue weighted by molar-refractivity contribution is 0.305. The van der Waals surface area contributed by atoms with Crippen LogP contribution in [0.3, 0.4) is 0 Å². The third-order valence-electron chi connectivity index (χ3n) is 3.64. The molecule has 1 saturated heterocycles. The van der Waals surface area contributed by atoms with Crippen molar-refractivity contribution in [1.29, 1.82) is 0 Å². The Labute approximate surface area is 87.8 Å². The fourth-order valence-corrected chi connectivity index (χ4v) is 2.68. The smallest absolute Gasteiger partial charge is 0.0287 e. The average molecular weight is 195 g/mol. The van der Waals surface area contributed by atoms with Crippen molar-refractivity contribution in [3.05, 3.63) is 0 Å². The summed E-state index contributed by atoms with van der Waals surface area (Å²) in [5, 5.41) is 8.16. The molecule has 1 aliphatic heterocycles. The predicted molar refractivity (Wildman–Crippen MR) is 59.5 cm³/mol. The van der Waals surface area contributed by atoms with Crippen LogP contribution in [0, 0.1) is 5.92 Å². The Morgan fingerprint density at radius 1 is 1.00 bits per heavy atom. The molecule has 1 aliphatic carbocycles. The second kappa shape index (κ2) is 5.72. The van der Waals surface area contributed by atoms with Crippen molar-refractivity contribution in [2.24, 2.45) is 5.92 Å². The van der Waals surface area contributed by atoms with Crippen LogP contribution in [-0.4, -0.2) is 25.7 Å². The van der Waals surface area contributed by atoms with Crippen molar-refractivity contribution in [3.63, 3.8) is 0 Å². The Kier molecular flexibility index (Phi) is 4.26. The maximum absolute atomic E-state index is 4.46. The third-order valence-corrected chi connectivity index (χ3v) is 3.64. The van der Waals surface area contributed by atoms with Crippen LogP contribution in [0.25, 0.3) is 0 Å². The zero-order valence-electron chi connectivity index (χ0n) is 9.17. The highest BCUT2D eigenvalue weighted by molar-refractivity contribution is 4.77. The lowest BCUT2D eigenvalue weighted by Crippen LogP contribution is -2.42. The van der Waals surface area contributed by atoms with E-state index in [-0.39, 0.29) is 0 Å². The van der Waals surface area contributed by atoms with E-state index in [1.54, 1.807) is 0 Å². The van der Waals surface area contributed by atoms with Gasteiger partial charge in [-0.25, -0.2) is 5.32 Å². The van der Waals surface area contributed by atoms with Gasteiger partial charge in [-0.2, -0.15) is 0 Å². The molecule has 0 aromatic carbocycles. The molecule has 1 heterocycles. The van der Waals surface area contributed by atoms with Gasteiger partial charge >= 0.3 is 0 Å². The summed E-state index contributed by atoms with van der Waals surface area (Å²) in [6.07, 6.45) is 9.93. The SMILES string of the molecule is C1CCC(CNC2CCC[N]C2)CC1. The van der Waals surface area contributed by atoms with E-state index in [9.17, 15) is 0 Å². The monoisotopic (exact) mass is 195 g/mol. The van der Waals surface area contributed by atoms with Crippen LogP contribution in [0.15, 0.2) is 0 Å². The van der Waals surface area contributed by atoms with E-state index in [0.717, 1.165) is 19.0 Å². The maximum Gasteiger partial charge on any atom is 0.0287 e. The van der Waals surface area contributed by atoms with Crippen LogP contribution < -0.4 is 10.6 Å². The summed E-state index contributed by atoms with van der Waals surface area (Å²) in [5.74, 6) is 0.964. The molecule has 2 nitrogen and oxygen atoms in total. The zero-order chi connectivity index (χ0) is 9.64. The first-order valence-electron chi connectivity index (χ1n) is 6.32. The first-order chi connectivity index (χ1) is 6.95. The summed E-state index contributed by atoms with van der Waals surface area (Å²) >= 11 is 0. The van der Waals surface area contributed by atoms with E-state index in [4.69, 9.17) is 0 Å². The molecule has 1 atom stereocenters. The molecule has 0 aromatic heterocycles. The number of hydrogen-bond donors (Lipinski definition) is 1. The lowest BCUT2D eigenvalue weighted by atomic mass is 9.89. The standard InChI is InChI=1S/C12H23N2/c1-2-5-11(6-3-1)9-14-12-7-4-8-13-10-12/h11-12,14H,1-10H2. The molecule has 1 unspecified atom stereocenters. The average Bonchev–Trinajstić information content (AvgIpc) is 2.29. The van der Waals surface area contributed by atoms with Crippen molar-refractivity contribution in [2.75, 3.05) is 19.6 Å². The molecule has 14 heavy (non-hydrogen) atoms. The zero-order valence-corrected chi connectivity index (χ0v) is 9.17. The second-order valence-electron chi connectivity index (χ2n) is 4.88. The summed E-state index contributed by atoms with van der Waals surface area (Å²) in [5.41, 5.74) is 0. The molecular formula is C12H23N2. The van der Waals surface area contributed by atoms with Crippen LogP contribution in [0.1, 0.15) is 44.9 Å². The van der Waals surface area contributed by atoms with Crippen molar-refractivity contribution >= 4 is 0 Å². The molecule has 1 N–H and O–H groups in total. The molecule has 1 radical (unpaired) electrons. The Morgan fingerprint density at radius 3 is 2.57 bits per heavy atom. The van der Waals surface area contributed by atoms with Gasteiger partial charge < -0.3 is 5.32 Å². The van der Waals surface area contributed by atoms with Crippen molar-refractivity contribution in [3.8, 4) is 0 Å². The van der Waals surface area contributed by atoms with Crippen LogP contribution in [0.4, 0.5) is 0 Å². The van der Waals surface area contributed by atoms with Crippen LogP contribution in [0.5, 0.6) is 0 Å². The van der Waals surface area contributed by atoms with Crippen molar-refractivity contribution < 1.29 is 0 Å². The van der Waals surface area contributed by atoms with Gasteiger partial charge in [-0.1, -0.05) is 19.3 Å². The maximum atomic E-state index is 4.46. The van der Waals surface area contributed by atoms with E-state index in [1.807, 2.05) is 0 Å². The van der Waals surface area contributed by atoms with Gasteiger partial charge in [0.15, 0.2) is 0 Å². The number of hydrogen-bond acceptors (Lipinski definition) is 1. The molecular weight excluding hydrogens is 172 g/mol. The summed E-state index contributed by atoms with van der Waals surface area (Å²) in [7, 11) is 0. The van der Waals surface area contributed by atoms with Crippen LogP contribution in [0.2, 0.25) is 0 Å². The molecule has 0 bridgehead atoms. The summed E-state index contributed by atoms with van der Waals surface area (Å²) < 4.78 is 0. The highest BCUT2D eigenvalue weighted by atomic mass is 15.0. The van der Waals surface area contributed by atoms with E-state index >= 15 is 0 Å². The molecule has 0 aromatic rings. The van der Waals surface area contributed by atoms with Gasteiger partial charge in [0.25, 0.3) is 0 Å². The van der Waals surface area contributed by atoms with Gasteiger partial charge in [0.2, 0.25) is 0 Å². The quantitative estimate of drug-likeness (QED) is 0.731. The van der Waals surface area contributed by atoms with Crippen LogP contribution >= 0.6 is 0 Å². The summed E-state index contributed by atoms with van der Waals surface area (Å²) in [6, 6.07) is 0.700. The van der Waals surface area contributed by atoms with Crippen LogP contribution in [-0.2, 0) is 0 Å². The Balaban J connectivity index is 1.60. The molecule has 0 spiro atoms. The van der Waals surface area contributed by atoms with E-state index in [2.05, 4.69) is 10.6 Å².